The number of hydrogen-bond acceptors (Lipinski definition) is 4. The molecule has 2 aromatic rings. The molecule has 0 saturated carbocycles. The topological polar surface area (TPSA) is 49.6 Å². The summed E-state index contributed by atoms with van der Waals surface area (Å²) < 4.78 is 5.24. The van der Waals surface area contributed by atoms with Crippen LogP contribution < -0.4 is 0 Å². The van der Waals surface area contributed by atoms with Gasteiger partial charge >= 0.3 is 0 Å². The van der Waals surface area contributed by atoms with Gasteiger partial charge in [0.15, 0.2) is 0 Å². The van der Waals surface area contributed by atoms with Gasteiger partial charge in [0.1, 0.15) is 5.76 Å². The Morgan fingerprint density at radius 1 is 1.25 bits per heavy atom. The molecule has 1 aromatic heterocycles. The summed E-state index contributed by atoms with van der Waals surface area (Å²) in [6.07, 6.45) is 2.10. The zero-order chi connectivity index (χ0) is 20.5. The van der Waals surface area contributed by atoms with Crippen LogP contribution in [0.3, 0.4) is 0 Å². The quantitative estimate of drug-likeness (QED) is 0.769. The standard InChI is InChI=1S/C23H33N3O2/c1-16-20(17(2)28-24-16)14-25(6)15-22(27)26-13-7-8-21(26)18-9-11-19(12-10-18)23(3,4)5/h9-12,21H,7-8,13-15H2,1-6H3. The highest BCUT2D eigenvalue weighted by Gasteiger charge is 2.30. The molecule has 0 spiro atoms. The van der Waals surface area contributed by atoms with Gasteiger partial charge in [-0.05, 0) is 50.3 Å². The van der Waals surface area contributed by atoms with Crippen LogP contribution in [0.2, 0.25) is 0 Å². The highest BCUT2D eigenvalue weighted by atomic mass is 16.5. The lowest BCUT2D eigenvalue weighted by atomic mass is 9.86. The molecule has 3 rings (SSSR count). The number of likely N-dealkylation sites (N-methyl/N-ethyl adjacent to an activating group) is 1. The average Bonchev–Trinajstić information content (AvgIpc) is 3.23. The lowest BCUT2D eigenvalue weighted by Gasteiger charge is -2.28. The molecule has 1 unspecified atom stereocenters. The number of benzene rings is 1. The van der Waals surface area contributed by atoms with E-state index >= 15 is 0 Å². The molecule has 28 heavy (non-hydrogen) atoms. The molecule has 5 heteroatoms. The van der Waals surface area contributed by atoms with Gasteiger partial charge in [-0.1, -0.05) is 50.2 Å². The Labute approximate surface area is 168 Å². The number of carbonyl (C=O) groups excluding carboxylic acids is 1. The van der Waals surface area contributed by atoms with Gasteiger partial charge in [0, 0.05) is 18.7 Å². The minimum absolute atomic E-state index is 0.143. The van der Waals surface area contributed by atoms with Crippen LogP contribution >= 0.6 is 0 Å². The van der Waals surface area contributed by atoms with Crippen molar-refractivity contribution in [2.75, 3.05) is 20.1 Å². The molecule has 1 atom stereocenters. The maximum absolute atomic E-state index is 13.0. The molecule has 152 valence electrons. The summed E-state index contributed by atoms with van der Waals surface area (Å²) in [5.41, 5.74) is 4.68. The van der Waals surface area contributed by atoms with E-state index in [4.69, 9.17) is 4.52 Å². The zero-order valence-corrected chi connectivity index (χ0v) is 18.1. The second-order valence-electron chi connectivity index (χ2n) is 9.09. The van der Waals surface area contributed by atoms with E-state index in [0.29, 0.717) is 13.1 Å². The number of nitrogens with zero attached hydrogens (tertiary/aromatic N) is 3. The highest BCUT2D eigenvalue weighted by Crippen LogP contribution is 2.33. The van der Waals surface area contributed by atoms with Crippen molar-refractivity contribution in [2.24, 2.45) is 0 Å². The molecule has 0 aliphatic carbocycles. The normalized spacial score (nSPS) is 17.5. The fourth-order valence-electron chi connectivity index (χ4n) is 3.99. The van der Waals surface area contributed by atoms with Crippen molar-refractivity contribution < 1.29 is 9.32 Å². The van der Waals surface area contributed by atoms with Crippen LogP contribution in [0, 0.1) is 13.8 Å². The SMILES string of the molecule is Cc1noc(C)c1CN(C)CC(=O)N1CCCC1c1ccc(C(C)(C)C)cc1. The molecule has 1 fully saturated rings. The smallest absolute Gasteiger partial charge is 0.237 e. The Bertz CT molecular complexity index is 798. The summed E-state index contributed by atoms with van der Waals surface area (Å²) in [4.78, 5) is 17.1. The van der Waals surface area contributed by atoms with Crippen molar-refractivity contribution in [1.29, 1.82) is 0 Å². The molecule has 0 bridgehead atoms. The lowest BCUT2D eigenvalue weighted by molar-refractivity contribution is -0.133. The molecule has 1 amide bonds. The molecule has 5 nitrogen and oxygen atoms in total. The van der Waals surface area contributed by atoms with Crippen LogP contribution in [0.4, 0.5) is 0 Å². The van der Waals surface area contributed by atoms with Crippen LogP contribution in [0.5, 0.6) is 0 Å². The molecular formula is C23H33N3O2. The molecular weight excluding hydrogens is 350 g/mol. The Morgan fingerprint density at radius 2 is 1.93 bits per heavy atom. The number of aryl methyl sites for hydroxylation is 2. The van der Waals surface area contributed by atoms with Crippen LogP contribution in [0.1, 0.15) is 67.8 Å². The third kappa shape index (κ3) is 4.46. The number of aromatic nitrogens is 1. The number of likely N-dealkylation sites (tertiary alicyclic amines) is 1. The van der Waals surface area contributed by atoms with Crippen molar-refractivity contribution in [2.45, 2.75) is 65.5 Å². The molecule has 1 aliphatic rings. The molecule has 2 heterocycles. The number of rotatable bonds is 5. The number of amides is 1. The van der Waals surface area contributed by atoms with E-state index in [-0.39, 0.29) is 17.4 Å². The van der Waals surface area contributed by atoms with Gasteiger partial charge in [0.05, 0.1) is 18.3 Å². The Balaban J connectivity index is 1.66. The lowest BCUT2D eigenvalue weighted by Crippen LogP contribution is -2.38. The van der Waals surface area contributed by atoms with E-state index in [2.05, 4.69) is 55.1 Å². The summed E-state index contributed by atoms with van der Waals surface area (Å²) in [6.45, 7) is 12.4. The molecule has 0 N–H and O–H groups in total. The zero-order valence-electron chi connectivity index (χ0n) is 18.1. The first kappa shape index (κ1) is 20.6. The third-order valence-corrected chi connectivity index (χ3v) is 5.75. The third-order valence-electron chi connectivity index (χ3n) is 5.75. The van der Waals surface area contributed by atoms with Gasteiger partial charge in [-0.3, -0.25) is 9.69 Å². The fraction of sp³-hybridized carbons (Fsp3) is 0.565. The summed E-state index contributed by atoms with van der Waals surface area (Å²) in [5.74, 6) is 1.02. The van der Waals surface area contributed by atoms with Gasteiger partial charge < -0.3 is 9.42 Å². The van der Waals surface area contributed by atoms with Gasteiger partial charge in [-0.25, -0.2) is 0 Å². The van der Waals surface area contributed by atoms with Crippen molar-refractivity contribution in [3.63, 3.8) is 0 Å². The monoisotopic (exact) mass is 383 g/mol. The summed E-state index contributed by atoms with van der Waals surface area (Å²) in [6, 6.07) is 9.00. The average molecular weight is 384 g/mol. The highest BCUT2D eigenvalue weighted by molar-refractivity contribution is 5.79. The summed E-state index contributed by atoms with van der Waals surface area (Å²) in [5, 5.41) is 4.00. The van der Waals surface area contributed by atoms with E-state index in [0.717, 1.165) is 36.4 Å². The minimum Gasteiger partial charge on any atom is -0.361 e. The first-order chi connectivity index (χ1) is 13.2. The Hall–Kier alpha value is -2.14. The van der Waals surface area contributed by atoms with E-state index in [1.54, 1.807) is 0 Å². The van der Waals surface area contributed by atoms with Gasteiger partial charge in [-0.2, -0.15) is 0 Å². The van der Waals surface area contributed by atoms with E-state index in [9.17, 15) is 4.79 Å². The predicted octanol–water partition coefficient (Wildman–Crippen LogP) is 4.38. The second kappa shape index (κ2) is 8.08. The fourth-order valence-corrected chi connectivity index (χ4v) is 3.99. The van der Waals surface area contributed by atoms with Crippen molar-refractivity contribution in [1.82, 2.24) is 15.0 Å². The van der Waals surface area contributed by atoms with Crippen LogP contribution in [0.15, 0.2) is 28.8 Å². The second-order valence-corrected chi connectivity index (χ2v) is 9.09. The number of carbonyl (C=O) groups is 1. The van der Waals surface area contributed by atoms with Crippen LogP contribution in [-0.2, 0) is 16.8 Å². The Kier molecular flexibility index (Phi) is 5.94. The summed E-state index contributed by atoms with van der Waals surface area (Å²) in [7, 11) is 1.98. The van der Waals surface area contributed by atoms with Gasteiger partial charge in [-0.15, -0.1) is 0 Å². The largest absolute Gasteiger partial charge is 0.361 e. The maximum Gasteiger partial charge on any atom is 0.237 e. The minimum atomic E-state index is 0.143. The first-order valence-corrected chi connectivity index (χ1v) is 10.2. The van der Waals surface area contributed by atoms with Gasteiger partial charge in [0.2, 0.25) is 5.91 Å². The first-order valence-electron chi connectivity index (χ1n) is 10.2. The van der Waals surface area contributed by atoms with Crippen LogP contribution in [-0.4, -0.2) is 41.0 Å². The van der Waals surface area contributed by atoms with Gasteiger partial charge in [0.25, 0.3) is 0 Å². The Morgan fingerprint density at radius 3 is 2.50 bits per heavy atom. The van der Waals surface area contributed by atoms with Crippen molar-refractivity contribution >= 4 is 5.91 Å². The predicted molar refractivity (Wildman–Crippen MR) is 111 cm³/mol. The molecule has 1 aliphatic heterocycles. The van der Waals surface area contributed by atoms with Crippen molar-refractivity contribution in [3.8, 4) is 0 Å². The van der Waals surface area contributed by atoms with E-state index in [1.165, 1.54) is 11.1 Å². The van der Waals surface area contributed by atoms with E-state index < -0.39 is 0 Å². The molecule has 1 saturated heterocycles. The van der Waals surface area contributed by atoms with Crippen molar-refractivity contribution in [3.05, 3.63) is 52.4 Å². The molecule has 0 radical (unpaired) electrons. The van der Waals surface area contributed by atoms with E-state index in [1.807, 2.05) is 25.8 Å². The van der Waals surface area contributed by atoms with Crippen LogP contribution in [0.25, 0.3) is 0 Å². The maximum atomic E-state index is 13.0. The molecule has 1 aromatic carbocycles. The summed E-state index contributed by atoms with van der Waals surface area (Å²) >= 11 is 0. The number of hydrogen-bond donors (Lipinski definition) is 0.